The van der Waals surface area contributed by atoms with Crippen molar-refractivity contribution in [3.8, 4) is 5.75 Å². The number of ketones is 2. The lowest BCUT2D eigenvalue weighted by molar-refractivity contribution is -0.157. The number of primary amides is 1. The van der Waals surface area contributed by atoms with Crippen molar-refractivity contribution >= 4 is 34.5 Å². The van der Waals surface area contributed by atoms with Gasteiger partial charge in [-0.05, 0) is 17.7 Å². The molecule has 0 aliphatic heterocycles. The molecule has 1 amide bonds. The highest BCUT2D eigenvalue weighted by Crippen LogP contribution is 2.55. The van der Waals surface area contributed by atoms with Gasteiger partial charge in [0, 0.05) is 29.5 Å². The van der Waals surface area contributed by atoms with Crippen molar-refractivity contribution in [2.45, 2.75) is 18.1 Å². The number of Topliss-reactive ketones (excluding diaryl/α,β-unsaturated/α-hetero) is 2. The zero-order valence-electron chi connectivity index (χ0n) is 15.4. The molecular formula is C20H18N2O8. The van der Waals surface area contributed by atoms with E-state index in [0.717, 1.165) is 0 Å². The number of aliphatic hydroxyl groups excluding tert-OH is 3. The van der Waals surface area contributed by atoms with Crippen LogP contribution in [0.2, 0.25) is 0 Å². The lowest BCUT2D eigenvalue weighted by atomic mass is 9.57. The monoisotopic (exact) mass is 414 g/mol. The fraction of sp³-hybridized carbons (Fsp3) is 0.250. The number of carbonyl (C=O) groups excluding carboxylic acids is 3. The molecule has 30 heavy (non-hydrogen) atoms. The molecule has 0 aromatic heterocycles. The summed E-state index contributed by atoms with van der Waals surface area (Å²) in [5, 5.41) is 53.6. The van der Waals surface area contributed by atoms with E-state index < -0.39 is 75.8 Å². The molecular weight excluding hydrogens is 396 g/mol. The number of amides is 1. The van der Waals surface area contributed by atoms with Gasteiger partial charge in [-0.3, -0.25) is 14.4 Å². The fourth-order valence-electron chi connectivity index (χ4n) is 4.71. The molecule has 0 bridgehead atoms. The Morgan fingerprint density at radius 1 is 1.17 bits per heavy atom. The lowest BCUT2D eigenvalue weighted by Crippen LogP contribution is -2.63. The van der Waals surface area contributed by atoms with Crippen LogP contribution in [0.5, 0.6) is 5.75 Å². The Balaban J connectivity index is 2.05. The Labute approximate surface area is 169 Å². The molecule has 10 heteroatoms. The van der Waals surface area contributed by atoms with Crippen LogP contribution in [0.15, 0.2) is 35.6 Å². The second kappa shape index (κ2) is 5.94. The van der Waals surface area contributed by atoms with Gasteiger partial charge in [0.25, 0.3) is 5.91 Å². The number of aromatic hydroxyl groups is 1. The summed E-state index contributed by atoms with van der Waals surface area (Å²) in [6.07, 6.45) is -2.33. The van der Waals surface area contributed by atoms with Crippen LogP contribution in [0.1, 0.15) is 17.5 Å². The van der Waals surface area contributed by atoms with Crippen molar-refractivity contribution in [3.63, 3.8) is 0 Å². The minimum Gasteiger partial charge on any atom is -0.508 e. The maximum Gasteiger partial charge on any atom is 0.255 e. The predicted molar refractivity (Wildman–Crippen MR) is 103 cm³/mol. The van der Waals surface area contributed by atoms with E-state index in [-0.39, 0.29) is 22.4 Å². The smallest absolute Gasteiger partial charge is 0.255 e. The van der Waals surface area contributed by atoms with Crippen LogP contribution < -0.4 is 11.5 Å². The largest absolute Gasteiger partial charge is 0.508 e. The first-order chi connectivity index (χ1) is 13.9. The third-order valence-corrected chi connectivity index (χ3v) is 6.12. The molecule has 156 valence electrons. The molecule has 1 aromatic carbocycles. The van der Waals surface area contributed by atoms with Gasteiger partial charge in [-0.2, -0.15) is 0 Å². The number of carbonyl (C=O) groups is 3. The second-order valence-electron chi connectivity index (χ2n) is 7.60. The summed E-state index contributed by atoms with van der Waals surface area (Å²) in [4.78, 5) is 37.2. The summed E-state index contributed by atoms with van der Waals surface area (Å²) < 4.78 is 0. The molecule has 4 atom stereocenters. The number of nitrogen functional groups attached to an aromatic ring is 1. The Hall–Kier alpha value is -3.63. The normalized spacial score (nSPS) is 30.7. The average molecular weight is 414 g/mol. The number of anilines is 1. The van der Waals surface area contributed by atoms with Crippen molar-refractivity contribution in [3.05, 3.63) is 46.7 Å². The van der Waals surface area contributed by atoms with Crippen molar-refractivity contribution in [2.75, 3.05) is 5.73 Å². The maximum atomic E-state index is 13.3. The number of nitrogens with two attached hydrogens (primary N) is 2. The first-order valence-electron chi connectivity index (χ1n) is 8.90. The molecule has 9 N–H and O–H groups in total. The average Bonchev–Trinajstić information content (AvgIpc) is 2.66. The van der Waals surface area contributed by atoms with Gasteiger partial charge in [0.1, 0.15) is 22.8 Å². The zero-order valence-corrected chi connectivity index (χ0v) is 15.4. The number of benzene rings is 1. The highest BCUT2D eigenvalue weighted by molar-refractivity contribution is 6.23. The Bertz CT molecular complexity index is 1150. The van der Waals surface area contributed by atoms with E-state index in [1.54, 1.807) is 0 Å². The summed E-state index contributed by atoms with van der Waals surface area (Å²) in [6, 6.07) is 2.53. The first-order valence-corrected chi connectivity index (χ1v) is 8.90. The summed E-state index contributed by atoms with van der Waals surface area (Å²) in [5.74, 6) is -8.86. The summed E-state index contributed by atoms with van der Waals surface area (Å²) >= 11 is 0. The van der Waals surface area contributed by atoms with Gasteiger partial charge < -0.3 is 37.0 Å². The highest BCUT2D eigenvalue weighted by Gasteiger charge is 2.64. The molecule has 0 spiro atoms. The van der Waals surface area contributed by atoms with E-state index in [4.69, 9.17) is 11.5 Å². The Kier molecular flexibility index (Phi) is 3.90. The SMILES string of the molecule is C=C1c2c(N)ccc(O)c2C(O)=C2C(=O)[C@]3(O)C(O)=C(C(N)=O)C(=O)C[C@@H]3[C@@H](O)[C@H]12. The number of rotatable bonds is 1. The molecule has 1 aromatic rings. The van der Waals surface area contributed by atoms with E-state index in [1.807, 2.05) is 0 Å². The van der Waals surface area contributed by atoms with E-state index >= 15 is 0 Å². The predicted octanol–water partition coefficient (Wildman–Crippen LogP) is -0.552. The zero-order chi connectivity index (χ0) is 22.3. The standard InChI is InChI=1S/C20H18N2O8/c1-5-10-7(21)2-3-8(23)12(10)16(26)14-11(5)15(25)6-4-9(24)13(19(22)29)17(27)20(6,30)18(14)28/h2-3,6,11,15,23,25-27,30H,1,4,21H2,(H2,22,29)/t6-,11-,15-,20-/m1/s1. The molecule has 0 saturated heterocycles. The molecule has 0 heterocycles. The second-order valence-corrected chi connectivity index (χ2v) is 7.60. The highest BCUT2D eigenvalue weighted by atomic mass is 16.4. The van der Waals surface area contributed by atoms with E-state index in [1.165, 1.54) is 12.1 Å². The van der Waals surface area contributed by atoms with Crippen LogP contribution in [0.25, 0.3) is 11.3 Å². The Morgan fingerprint density at radius 3 is 2.40 bits per heavy atom. The van der Waals surface area contributed by atoms with Crippen LogP contribution in [-0.4, -0.2) is 54.7 Å². The summed E-state index contributed by atoms with van der Waals surface area (Å²) in [6.45, 7) is 3.84. The third-order valence-electron chi connectivity index (χ3n) is 6.12. The van der Waals surface area contributed by atoms with Crippen LogP contribution in [0.4, 0.5) is 5.69 Å². The van der Waals surface area contributed by atoms with E-state index in [2.05, 4.69) is 6.58 Å². The molecule has 3 aliphatic rings. The topological polar surface area (TPSA) is 204 Å². The number of hydrogen-bond acceptors (Lipinski definition) is 9. The minimum absolute atomic E-state index is 0.0747. The van der Waals surface area contributed by atoms with Crippen LogP contribution in [-0.2, 0) is 14.4 Å². The molecule has 4 rings (SSSR count). The lowest BCUT2D eigenvalue weighted by Gasteiger charge is -2.49. The third kappa shape index (κ3) is 2.11. The van der Waals surface area contributed by atoms with Crippen molar-refractivity contribution in [2.24, 2.45) is 17.6 Å². The number of phenolic OH excluding ortho intramolecular Hbond substituents is 1. The van der Waals surface area contributed by atoms with Gasteiger partial charge in [-0.15, -0.1) is 0 Å². The molecule has 1 fully saturated rings. The molecule has 10 nitrogen and oxygen atoms in total. The number of hydrogen-bond donors (Lipinski definition) is 7. The number of fused-ring (bicyclic) bond motifs is 3. The van der Waals surface area contributed by atoms with Gasteiger partial charge in [0.15, 0.2) is 11.4 Å². The van der Waals surface area contributed by atoms with Gasteiger partial charge in [-0.1, -0.05) is 6.58 Å². The van der Waals surface area contributed by atoms with Crippen molar-refractivity contribution in [1.29, 1.82) is 0 Å². The molecule has 0 radical (unpaired) electrons. The summed E-state index contributed by atoms with van der Waals surface area (Å²) in [5.41, 5.74) is 6.75. The van der Waals surface area contributed by atoms with Gasteiger partial charge >= 0.3 is 0 Å². The minimum atomic E-state index is -2.88. The van der Waals surface area contributed by atoms with Crippen LogP contribution in [0.3, 0.4) is 0 Å². The van der Waals surface area contributed by atoms with Gasteiger partial charge in [0.2, 0.25) is 5.78 Å². The van der Waals surface area contributed by atoms with E-state index in [9.17, 15) is 39.9 Å². The van der Waals surface area contributed by atoms with Crippen molar-refractivity contribution < 1.29 is 39.9 Å². The van der Waals surface area contributed by atoms with Gasteiger partial charge in [-0.25, -0.2) is 0 Å². The van der Waals surface area contributed by atoms with Gasteiger partial charge in [0.05, 0.1) is 17.2 Å². The number of aliphatic hydroxyl groups is 4. The Morgan fingerprint density at radius 2 is 1.80 bits per heavy atom. The first kappa shape index (κ1) is 19.7. The van der Waals surface area contributed by atoms with E-state index in [0.29, 0.717) is 0 Å². The molecule has 1 saturated carbocycles. The fourth-order valence-corrected chi connectivity index (χ4v) is 4.71. The van der Waals surface area contributed by atoms with Crippen LogP contribution in [0, 0.1) is 11.8 Å². The molecule has 0 unspecified atom stereocenters. The number of phenols is 1. The molecule has 3 aliphatic carbocycles. The summed E-state index contributed by atoms with van der Waals surface area (Å²) in [7, 11) is 0. The van der Waals surface area contributed by atoms with Crippen LogP contribution >= 0.6 is 0 Å². The quantitative estimate of drug-likeness (QED) is 0.178. The van der Waals surface area contributed by atoms with Crippen molar-refractivity contribution in [1.82, 2.24) is 0 Å². The maximum absolute atomic E-state index is 13.3.